The predicted molar refractivity (Wildman–Crippen MR) is 104 cm³/mol. The van der Waals surface area contributed by atoms with Gasteiger partial charge in [0.1, 0.15) is 18.2 Å². The van der Waals surface area contributed by atoms with Crippen molar-refractivity contribution in [2.45, 2.75) is 6.61 Å². The normalized spacial score (nSPS) is 11.0. The number of carbonyl (C=O) groups excluding carboxylic acids is 1. The van der Waals surface area contributed by atoms with Gasteiger partial charge in [-0.1, -0.05) is 29.3 Å². The van der Waals surface area contributed by atoms with Gasteiger partial charge in [-0.05, 0) is 51.8 Å². The zero-order chi connectivity index (χ0) is 19.3. The van der Waals surface area contributed by atoms with Crippen LogP contribution < -0.4 is 15.2 Å². The van der Waals surface area contributed by atoms with Crippen LogP contribution in [-0.2, 0) is 11.4 Å². The molecule has 0 fully saturated rings. The summed E-state index contributed by atoms with van der Waals surface area (Å²) >= 11 is 15.4. The van der Waals surface area contributed by atoms with Crippen molar-refractivity contribution in [3.63, 3.8) is 0 Å². The highest BCUT2D eigenvalue weighted by molar-refractivity contribution is 9.10. The fourth-order valence-corrected chi connectivity index (χ4v) is 3.11. The van der Waals surface area contributed by atoms with E-state index in [0.29, 0.717) is 31.6 Å². The molecular weight excluding hydrogens is 443 g/mol. The molecule has 8 heteroatoms. The van der Waals surface area contributed by atoms with Crippen molar-refractivity contribution in [1.82, 2.24) is 0 Å². The third kappa shape index (κ3) is 4.92. The second kappa shape index (κ2) is 8.95. The van der Waals surface area contributed by atoms with E-state index >= 15 is 0 Å². The molecule has 26 heavy (non-hydrogen) atoms. The zero-order valence-electron chi connectivity index (χ0n) is 13.6. The molecule has 0 unspecified atom stereocenters. The van der Waals surface area contributed by atoms with Crippen molar-refractivity contribution in [3.8, 4) is 17.6 Å². The van der Waals surface area contributed by atoms with E-state index in [0.717, 1.165) is 5.56 Å². The van der Waals surface area contributed by atoms with Gasteiger partial charge in [-0.25, -0.2) is 0 Å². The van der Waals surface area contributed by atoms with Gasteiger partial charge in [0, 0.05) is 15.6 Å². The van der Waals surface area contributed by atoms with E-state index in [4.69, 9.17) is 43.7 Å². The summed E-state index contributed by atoms with van der Waals surface area (Å²) in [6, 6.07) is 10.2. The van der Waals surface area contributed by atoms with Gasteiger partial charge in [-0.15, -0.1) is 0 Å². The molecule has 134 valence electrons. The maximum atomic E-state index is 11.2. The number of amides is 1. The van der Waals surface area contributed by atoms with Crippen LogP contribution >= 0.6 is 39.1 Å². The molecular formula is C18H13BrCl2N2O3. The number of nitriles is 1. The fraction of sp³-hybridized carbons (Fsp3) is 0.111. The van der Waals surface area contributed by atoms with Crippen LogP contribution in [0.15, 0.2) is 40.4 Å². The van der Waals surface area contributed by atoms with Crippen LogP contribution in [-0.4, -0.2) is 13.0 Å². The Hall–Kier alpha value is -2.20. The van der Waals surface area contributed by atoms with Gasteiger partial charge in [0.25, 0.3) is 5.91 Å². The van der Waals surface area contributed by atoms with Crippen LogP contribution in [0.25, 0.3) is 6.08 Å². The highest BCUT2D eigenvalue weighted by Gasteiger charge is 2.13. The largest absolute Gasteiger partial charge is 0.493 e. The first kappa shape index (κ1) is 20.1. The first-order valence-corrected chi connectivity index (χ1v) is 8.76. The van der Waals surface area contributed by atoms with Crippen LogP contribution in [0.4, 0.5) is 0 Å². The van der Waals surface area contributed by atoms with Gasteiger partial charge in [-0.3, -0.25) is 4.79 Å². The molecule has 2 N–H and O–H groups in total. The molecule has 1 amide bonds. The van der Waals surface area contributed by atoms with Crippen LogP contribution in [0.5, 0.6) is 11.5 Å². The summed E-state index contributed by atoms with van der Waals surface area (Å²) in [6.45, 7) is 0.199. The Morgan fingerprint density at radius 2 is 2.08 bits per heavy atom. The standard InChI is InChI=1S/C18H13BrCl2N2O3/c1-25-16-6-10(4-12(8-22)18(23)24)5-14(19)17(16)26-9-11-2-3-13(20)7-15(11)21/h2-7H,9H2,1H3,(H2,23,24)/b12-4-. The molecule has 0 aliphatic carbocycles. The topological polar surface area (TPSA) is 85.3 Å². The molecule has 2 aromatic carbocycles. The maximum absolute atomic E-state index is 11.2. The fourth-order valence-electron chi connectivity index (χ4n) is 2.08. The summed E-state index contributed by atoms with van der Waals surface area (Å²) in [5.41, 5.74) is 6.30. The van der Waals surface area contributed by atoms with E-state index in [1.54, 1.807) is 36.4 Å². The van der Waals surface area contributed by atoms with Crippen LogP contribution in [0, 0.1) is 11.3 Å². The number of rotatable bonds is 6. The van der Waals surface area contributed by atoms with E-state index in [9.17, 15) is 4.79 Å². The summed E-state index contributed by atoms with van der Waals surface area (Å²) in [7, 11) is 1.48. The van der Waals surface area contributed by atoms with Gasteiger partial charge in [0.2, 0.25) is 0 Å². The van der Waals surface area contributed by atoms with E-state index in [2.05, 4.69) is 15.9 Å². The first-order valence-electron chi connectivity index (χ1n) is 7.21. The van der Waals surface area contributed by atoms with Gasteiger partial charge in [0.15, 0.2) is 11.5 Å². The lowest BCUT2D eigenvalue weighted by Gasteiger charge is -2.14. The van der Waals surface area contributed by atoms with E-state index < -0.39 is 5.91 Å². The Labute approximate surface area is 169 Å². The number of carbonyl (C=O) groups is 1. The number of halogens is 3. The van der Waals surface area contributed by atoms with Gasteiger partial charge in [-0.2, -0.15) is 5.26 Å². The predicted octanol–water partition coefficient (Wildman–Crippen LogP) is 4.74. The third-order valence-electron chi connectivity index (χ3n) is 3.34. The minimum absolute atomic E-state index is 0.166. The molecule has 0 bridgehead atoms. The lowest BCUT2D eigenvalue weighted by Crippen LogP contribution is -2.12. The Kier molecular flexibility index (Phi) is 6.92. The number of nitrogens with two attached hydrogens (primary N) is 1. The van der Waals surface area contributed by atoms with Crippen molar-refractivity contribution < 1.29 is 14.3 Å². The van der Waals surface area contributed by atoms with Gasteiger partial charge < -0.3 is 15.2 Å². The molecule has 0 spiro atoms. The van der Waals surface area contributed by atoms with Crippen molar-refractivity contribution in [2.24, 2.45) is 5.73 Å². The number of hydrogen-bond acceptors (Lipinski definition) is 4. The number of nitrogens with zero attached hydrogens (tertiary/aromatic N) is 1. The second-order valence-corrected chi connectivity index (χ2v) is 6.79. The lowest BCUT2D eigenvalue weighted by molar-refractivity contribution is -0.114. The number of primary amides is 1. The third-order valence-corrected chi connectivity index (χ3v) is 4.51. The quantitative estimate of drug-likeness (QED) is 0.503. The Morgan fingerprint density at radius 1 is 1.35 bits per heavy atom. The average molecular weight is 456 g/mol. The van der Waals surface area contributed by atoms with Crippen molar-refractivity contribution in [1.29, 1.82) is 5.26 Å². The number of hydrogen-bond donors (Lipinski definition) is 1. The van der Waals surface area contributed by atoms with E-state index in [-0.39, 0.29) is 12.2 Å². The second-order valence-electron chi connectivity index (χ2n) is 5.09. The highest BCUT2D eigenvalue weighted by Crippen LogP contribution is 2.38. The Morgan fingerprint density at radius 3 is 2.65 bits per heavy atom. The summed E-state index contributed by atoms with van der Waals surface area (Å²) in [5.74, 6) is 0.0611. The number of benzene rings is 2. The van der Waals surface area contributed by atoms with Gasteiger partial charge in [0.05, 0.1) is 11.6 Å². The van der Waals surface area contributed by atoms with Crippen molar-refractivity contribution in [3.05, 3.63) is 61.5 Å². The van der Waals surface area contributed by atoms with E-state index in [1.807, 2.05) is 0 Å². The minimum atomic E-state index is -0.805. The van der Waals surface area contributed by atoms with E-state index in [1.165, 1.54) is 13.2 Å². The molecule has 0 heterocycles. The zero-order valence-corrected chi connectivity index (χ0v) is 16.7. The minimum Gasteiger partial charge on any atom is -0.493 e. The van der Waals surface area contributed by atoms with Gasteiger partial charge >= 0.3 is 0 Å². The van der Waals surface area contributed by atoms with Crippen molar-refractivity contribution >= 4 is 51.1 Å². The smallest absolute Gasteiger partial charge is 0.259 e. The highest BCUT2D eigenvalue weighted by atomic mass is 79.9. The molecule has 0 radical (unpaired) electrons. The first-order chi connectivity index (χ1) is 12.3. The molecule has 0 saturated heterocycles. The van der Waals surface area contributed by atoms with Crippen LogP contribution in [0.3, 0.4) is 0 Å². The molecule has 0 aromatic heterocycles. The van der Waals surface area contributed by atoms with Crippen LogP contribution in [0.2, 0.25) is 10.0 Å². The summed E-state index contributed by atoms with van der Waals surface area (Å²) < 4.78 is 11.7. The summed E-state index contributed by atoms with van der Waals surface area (Å²) in [6.07, 6.45) is 1.37. The molecule has 0 atom stereocenters. The average Bonchev–Trinajstić information content (AvgIpc) is 2.59. The summed E-state index contributed by atoms with van der Waals surface area (Å²) in [4.78, 5) is 11.2. The molecule has 0 aliphatic rings. The lowest BCUT2D eigenvalue weighted by atomic mass is 10.1. The summed E-state index contributed by atoms with van der Waals surface area (Å²) in [5, 5.41) is 9.99. The molecule has 0 aliphatic heterocycles. The SMILES string of the molecule is COc1cc(/C=C(/C#N)C(N)=O)cc(Br)c1OCc1ccc(Cl)cc1Cl. The molecule has 2 aromatic rings. The maximum Gasteiger partial charge on any atom is 0.259 e. The molecule has 2 rings (SSSR count). The monoisotopic (exact) mass is 454 g/mol. The number of methoxy groups -OCH3 is 1. The van der Waals surface area contributed by atoms with Crippen LogP contribution in [0.1, 0.15) is 11.1 Å². The Bertz CT molecular complexity index is 923. The van der Waals surface area contributed by atoms with Crippen molar-refractivity contribution in [2.75, 3.05) is 7.11 Å². The molecule has 5 nitrogen and oxygen atoms in total. The molecule has 0 saturated carbocycles. The Balaban J connectivity index is 2.32. The number of ether oxygens (including phenoxy) is 2.